The fourth-order valence-electron chi connectivity index (χ4n) is 3.23. The molecule has 0 saturated carbocycles. The number of hydrogen-bond donors (Lipinski definition) is 1. The smallest absolute Gasteiger partial charge is 0.359 e. The summed E-state index contributed by atoms with van der Waals surface area (Å²) >= 11 is 0. The number of carboxylic acids is 1. The molecule has 0 spiro atoms. The fraction of sp³-hybridized carbons (Fsp3) is 0.864. The lowest BCUT2D eigenvalue weighted by Gasteiger charge is -2.27. The van der Waals surface area contributed by atoms with Gasteiger partial charge in [-0.15, -0.1) is 0 Å². The Morgan fingerprint density at radius 1 is 0.760 bits per heavy atom. The van der Waals surface area contributed by atoms with Crippen LogP contribution in [0.5, 0.6) is 0 Å². The minimum Gasteiger partial charge on any atom is -0.477 e. The number of nitrogens with zero attached hydrogens (tertiary/aromatic N) is 1. The standard InChI is InChI=1S/C22H43NO2/c1-4-5-6-7-8-9-10-11-12-13-14-15-16-17-18-19-20-23(2,3)21-22(24)25/h11-12H,4-10,13-21H2,1-3H3/p+1/b12-11-. The van der Waals surface area contributed by atoms with Crippen molar-refractivity contribution in [3.63, 3.8) is 0 Å². The second-order valence-electron chi connectivity index (χ2n) is 8.15. The van der Waals surface area contributed by atoms with Gasteiger partial charge in [0, 0.05) is 0 Å². The van der Waals surface area contributed by atoms with Crippen LogP contribution in [0.1, 0.15) is 96.8 Å². The Morgan fingerprint density at radius 3 is 1.68 bits per heavy atom. The summed E-state index contributed by atoms with van der Waals surface area (Å²) in [6.07, 6.45) is 23.2. The van der Waals surface area contributed by atoms with E-state index in [-0.39, 0.29) is 6.54 Å². The first-order valence-corrected chi connectivity index (χ1v) is 10.7. The lowest BCUT2D eigenvalue weighted by Crippen LogP contribution is -2.44. The molecule has 0 atom stereocenters. The molecule has 0 unspecified atom stereocenters. The Bertz CT molecular complexity index is 337. The van der Waals surface area contributed by atoms with Gasteiger partial charge in [-0.05, 0) is 38.5 Å². The lowest BCUT2D eigenvalue weighted by molar-refractivity contribution is -0.883. The highest BCUT2D eigenvalue weighted by molar-refractivity contribution is 5.67. The van der Waals surface area contributed by atoms with Gasteiger partial charge in [0.25, 0.3) is 0 Å². The van der Waals surface area contributed by atoms with Gasteiger partial charge in [0.1, 0.15) is 0 Å². The summed E-state index contributed by atoms with van der Waals surface area (Å²) < 4.78 is 0.596. The van der Waals surface area contributed by atoms with E-state index in [0.717, 1.165) is 13.0 Å². The van der Waals surface area contributed by atoms with Crippen LogP contribution in [-0.2, 0) is 4.79 Å². The minimum atomic E-state index is -0.699. The quantitative estimate of drug-likeness (QED) is 0.181. The largest absolute Gasteiger partial charge is 0.477 e. The number of rotatable bonds is 18. The van der Waals surface area contributed by atoms with Crippen molar-refractivity contribution in [3.05, 3.63) is 12.2 Å². The zero-order valence-corrected chi connectivity index (χ0v) is 17.3. The molecule has 0 aromatic heterocycles. The molecule has 0 bridgehead atoms. The predicted octanol–water partition coefficient (Wildman–Crippen LogP) is 6.18. The second-order valence-corrected chi connectivity index (χ2v) is 8.15. The molecule has 25 heavy (non-hydrogen) atoms. The number of allylic oxidation sites excluding steroid dienone is 2. The van der Waals surface area contributed by atoms with Crippen LogP contribution >= 0.6 is 0 Å². The molecular formula is C22H44NO2+. The van der Waals surface area contributed by atoms with Crippen LogP contribution in [0.25, 0.3) is 0 Å². The van der Waals surface area contributed by atoms with E-state index in [2.05, 4.69) is 19.1 Å². The first-order valence-electron chi connectivity index (χ1n) is 10.7. The van der Waals surface area contributed by atoms with Crippen LogP contribution in [0.2, 0.25) is 0 Å². The minimum absolute atomic E-state index is 0.227. The normalized spacial score (nSPS) is 12.1. The average molecular weight is 355 g/mol. The maximum Gasteiger partial charge on any atom is 0.359 e. The third kappa shape index (κ3) is 19.3. The summed E-state index contributed by atoms with van der Waals surface area (Å²) in [7, 11) is 4.01. The highest BCUT2D eigenvalue weighted by Gasteiger charge is 2.18. The molecule has 0 aliphatic carbocycles. The molecule has 0 fully saturated rings. The van der Waals surface area contributed by atoms with Gasteiger partial charge >= 0.3 is 5.97 Å². The van der Waals surface area contributed by atoms with E-state index < -0.39 is 5.97 Å². The van der Waals surface area contributed by atoms with Crippen LogP contribution in [0.3, 0.4) is 0 Å². The number of quaternary nitrogens is 1. The second kappa shape index (κ2) is 16.6. The summed E-state index contributed by atoms with van der Waals surface area (Å²) in [5, 5.41) is 8.86. The van der Waals surface area contributed by atoms with Crippen molar-refractivity contribution in [3.8, 4) is 0 Å². The maximum atomic E-state index is 10.8. The lowest BCUT2D eigenvalue weighted by atomic mass is 10.1. The number of carboxylic acid groups (broad SMARTS) is 1. The summed E-state index contributed by atoms with van der Waals surface area (Å²) in [6, 6.07) is 0. The van der Waals surface area contributed by atoms with Gasteiger partial charge in [-0.2, -0.15) is 0 Å². The van der Waals surface area contributed by atoms with E-state index in [1.807, 2.05) is 14.1 Å². The van der Waals surface area contributed by atoms with Gasteiger partial charge in [-0.1, -0.05) is 70.4 Å². The van der Waals surface area contributed by atoms with Crippen LogP contribution in [0.4, 0.5) is 0 Å². The average Bonchev–Trinajstić information content (AvgIpc) is 2.53. The third-order valence-electron chi connectivity index (χ3n) is 4.84. The van der Waals surface area contributed by atoms with E-state index in [0.29, 0.717) is 4.48 Å². The van der Waals surface area contributed by atoms with Crippen molar-refractivity contribution in [1.82, 2.24) is 0 Å². The van der Waals surface area contributed by atoms with Crippen molar-refractivity contribution in [1.29, 1.82) is 0 Å². The van der Waals surface area contributed by atoms with E-state index in [1.165, 1.54) is 83.5 Å². The number of unbranched alkanes of at least 4 members (excludes halogenated alkanes) is 12. The van der Waals surface area contributed by atoms with Gasteiger partial charge in [0.05, 0.1) is 20.6 Å². The summed E-state index contributed by atoms with van der Waals surface area (Å²) in [5.74, 6) is -0.699. The summed E-state index contributed by atoms with van der Waals surface area (Å²) in [4.78, 5) is 10.8. The van der Waals surface area contributed by atoms with E-state index in [9.17, 15) is 4.79 Å². The predicted molar refractivity (Wildman–Crippen MR) is 109 cm³/mol. The molecule has 0 rings (SSSR count). The Kier molecular flexibility index (Phi) is 16.1. The molecule has 0 aromatic carbocycles. The van der Waals surface area contributed by atoms with E-state index >= 15 is 0 Å². The molecule has 0 saturated heterocycles. The van der Waals surface area contributed by atoms with Crippen LogP contribution in [-0.4, -0.2) is 42.7 Å². The molecule has 0 heterocycles. The summed E-state index contributed by atoms with van der Waals surface area (Å²) in [6.45, 7) is 3.46. The molecule has 148 valence electrons. The Morgan fingerprint density at radius 2 is 1.20 bits per heavy atom. The number of carbonyl (C=O) groups is 1. The number of likely N-dealkylation sites (N-methyl/N-ethyl adjacent to an activating group) is 1. The van der Waals surface area contributed by atoms with Crippen molar-refractivity contribution in [2.24, 2.45) is 0 Å². The topological polar surface area (TPSA) is 37.3 Å². The molecule has 3 heteroatoms. The Labute approximate surface area is 157 Å². The van der Waals surface area contributed by atoms with Crippen LogP contribution in [0.15, 0.2) is 12.2 Å². The van der Waals surface area contributed by atoms with Crippen molar-refractivity contribution in [2.45, 2.75) is 96.8 Å². The molecule has 0 radical (unpaired) electrons. The fourth-order valence-corrected chi connectivity index (χ4v) is 3.23. The number of aliphatic carboxylic acids is 1. The van der Waals surface area contributed by atoms with Crippen molar-refractivity contribution < 1.29 is 14.4 Å². The third-order valence-corrected chi connectivity index (χ3v) is 4.84. The maximum absolute atomic E-state index is 10.8. The molecule has 3 nitrogen and oxygen atoms in total. The SMILES string of the molecule is CCCCCCCC/C=C\CCCCCCCC[N+](C)(C)CC(=O)O. The van der Waals surface area contributed by atoms with Gasteiger partial charge in [0.2, 0.25) is 0 Å². The van der Waals surface area contributed by atoms with Crippen LogP contribution < -0.4 is 0 Å². The van der Waals surface area contributed by atoms with Crippen molar-refractivity contribution in [2.75, 3.05) is 27.2 Å². The molecule has 0 aliphatic heterocycles. The zero-order chi connectivity index (χ0) is 18.8. The van der Waals surface area contributed by atoms with E-state index in [1.54, 1.807) is 0 Å². The molecule has 0 aliphatic rings. The first-order chi connectivity index (χ1) is 12.0. The molecule has 1 N–H and O–H groups in total. The highest BCUT2D eigenvalue weighted by atomic mass is 16.4. The zero-order valence-electron chi connectivity index (χ0n) is 17.3. The number of hydrogen-bond acceptors (Lipinski definition) is 1. The van der Waals surface area contributed by atoms with Gasteiger partial charge in [0.15, 0.2) is 6.54 Å². The first kappa shape index (κ1) is 24.2. The molecule has 0 amide bonds. The van der Waals surface area contributed by atoms with E-state index in [4.69, 9.17) is 5.11 Å². The highest BCUT2D eigenvalue weighted by Crippen LogP contribution is 2.11. The Hall–Kier alpha value is -0.830. The summed E-state index contributed by atoms with van der Waals surface area (Å²) in [5.41, 5.74) is 0. The van der Waals surface area contributed by atoms with Gasteiger partial charge in [-0.25, -0.2) is 4.79 Å². The monoisotopic (exact) mass is 354 g/mol. The van der Waals surface area contributed by atoms with Crippen LogP contribution in [0, 0.1) is 0 Å². The molecule has 0 aromatic rings. The van der Waals surface area contributed by atoms with Gasteiger partial charge < -0.3 is 9.59 Å². The Balaban J connectivity index is 3.28. The van der Waals surface area contributed by atoms with Crippen molar-refractivity contribution >= 4 is 5.97 Å². The van der Waals surface area contributed by atoms with Gasteiger partial charge in [-0.3, -0.25) is 0 Å². The molecular weight excluding hydrogens is 310 g/mol.